The Balaban J connectivity index is 3.97. The van der Waals surface area contributed by atoms with Crippen molar-refractivity contribution in [3.63, 3.8) is 0 Å². The summed E-state index contributed by atoms with van der Waals surface area (Å²) in [6.07, 6.45) is 1.23. The largest absolute Gasteiger partial charge is 0.320 e. The second-order valence-corrected chi connectivity index (χ2v) is 9.34. The zero-order valence-corrected chi connectivity index (χ0v) is 9.33. The maximum atomic E-state index is 4.37. The molecule has 0 rings (SSSR count). The van der Waals surface area contributed by atoms with E-state index in [0.29, 0.717) is 0 Å². The fraction of sp³-hybridized carbons (Fsp3) is 1.00. The SMILES string of the molecule is CCC(NC)[Si](C)(C)CS. The van der Waals surface area contributed by atoms with E-state index in [9.17, 15) is 0 Å². The lowest BCUT2D eigenvalue weighted by molar-refractivity contribution is 0.680. The first kappa shape index (κ1) is 10.5. The van der Waals surface area contributed by atoms with Gasteiger partial charge in [0.2, 0.25) is 0 Å². The van der Waals surface area contributed by atoms with Crippen molar-refractivity contribution in [2.45, 2.75) is 32.1 Å². The maximum Gasteiger partial charge on any atom is 0.0761 e. The van der Waals surface area contributed by atoms with Crippen LogP contribution in [0.5, 0.6) is 0 Å². The molecule has 0 aliphatic carbocycles. The quantitative estimate of drug-likeness (QED) is 0.492. The third-order valence-corrected chi connectivity index (χ3v) is 7.95. The molecule has 1 atom stereocenters. The molecule has 0 aromatic heterocycles. The number of hydrogen-bond donors (Lipinski definition) is 2. The standard InChI is InChI=1S/C7H19NSSi/c1-5-7(8-2)10(3,4)6-9/h7-9H,5-6H2,1-4H3. The predicted molar refractivity (Wildman–Crippen MR) is 54.5 cm³/mol. The lowest BCUT2D eigenvalue weighted by Gasteiger charge is -2.29. The number of hydrogen-bond acceptors (Lipinski definition) is 2. The highest BCUT2D eigenvalue weighted by atomic mass is 32.1. The molecule has 1 N–H and O–H groups in total. The van der Waals surface area contributed by atoms with Crippen LogP contribution in [-0.4, -0.2) is 26.2 Å². The van der Waals surface area contributed by atoms with Gasteiger partial charge in [-0.1, -0.05) is 20.0 Å². The lowest BCUT2D eigenvalue weighted by atomic mass is 10.5. The summed E-state index contributed by atoms with van der Waals surface area (Å²) in [5, 5.41) is 4.43. The van der Waals surface area contributed by atoms with Gasteiger partial charge in [0.15, 0.2) is 0 Å². The van der Waals surface area contributed by atoms with Gasteiger partial charge in [0.25, 0.3) is 0 Å². The van der Waals surface area contributed by atoms with E-state index in [4.69, 9.17) is 0 Å². The average Bonchev–Trinajstić information content (AvgIpc) is 1.90. The van der Waals surface area contributed by atoms with Crippen molar-refractivity contribution in [2.24, 2.45) is 0 Å². The Bertz CT molecular complexity index is 91.6. The van der Waals surface area contributed by atoms with Crippen LogP contribution in [0.1, 0.15) is 13.3 Å². The van der Waals surface area contributed by atoms with E-state index < -0.39 is 8.07 Å². The van der Waals surface area contributed by atoms with Gasteiger partial charge in [0, 0.05) is 5.67 Å². The van der Waals surface area contributed by atoms with Gasteiger partial charge in [-0.05, 0) is 18.8 Å². The number of rotatable bonds is 4. The van der Waals surface area contributed by atoms with Crippen molar-refractivity contribution in [2.75, 3.05) is 12.4 Å². The van der Waals surface area contributed by atoms with Crippen molar-refractivity contribution in [1.29, 1.82) is 0 Å². The minimum absolute atomic E-state index is 0.727. The molecule has 0 bridgehead atoms. The Morgan fingerprint density at radius 3 is 2.10 bits per heavy atom. The predicted octanol–water partition coefficient (Wildman–Crippen LogP) is 1.70. The zero-order valence-electron chi connectivity index (χ0n) is 7.44. The van der Waals surface area contributed by atoms with E-state index in [1.54, 1.807) is 0 Å². The summed E-state index contributed by atoms with van der Waals surface area (Å²) < 4.78 is 0. The van der Waals surface area contributed by atoms with Crippen molar-refractivity contribution < 1.29 is 0 Å². The summed E-state index contributed by atoms with van der Waals surface area (Å²) in [5.41, 5.74) is 0.727. The van der Waals surface area contributed by atoms with Crippen molar-refractivity contribution in [3.8, 4) is 0 Å². The summed E-state index contributed by atoms with van der Waals surface area (Å²) in [6, 6.07) is 0. The highest BCUT2D eigenvalue weighted by molar-refractivity contribution is 7.82. The Hall–Kier alpha value is 0.527. The molecule has 0 heterocycles. The van der Waals surface area contributed by atoms with E-state index in [1.807, 2.05) is 7.05 Å². The van der Waals surface area contributed by atoms with Crippen LogP contribution in [0.15, 0.2) is 0 Å². The molecule has 0 saturated heterocycles. The monoisotopic (exact) mass is 177 g/mol. The second kappa shape index (κ2) is 4.41. The first-order valence-electron chi connectivity index (χ1n) is 3.86. The van der Waals surface area contributed by atoms with Gasteiger partial charge in [-0.15, -0.1) is 0 Å². The van der Waals surface area contributed by atoms with Crippen LogP contribution in [0.3, 0.4) is 0 Å². The summed E-state index contributed by atoms with van der Waals surface area (Å²) in [4.78, 5) is 0. The summed E-state index contributed by atoms with van der Waals surface area (Å²) in [7, 11) is 0.994. The molecule has 3 heteroatoms. The molecule has 0 aromatic carbocycles. The minimum atomic E-state index is -1.05. The van der Waals surface area contributed by atoms with Gasteiger partial charge < -0.3 is 5.32 Å². The molecular formula is C7H19NSSi. The van der Waals surface area contributed by atoms with Crippen molar-refractivity contribution >= 4 is 20.7 Å². The molecule has 10 heavy (non-hydrogen) atoms. The molecule has 0 radical (unpaired) electrons. The normalized spacial score (nSPS) is 15.3. The van der Waals surface area contributed by atoms with Crippen LogP contribution in [0.2, 0.25) is 13.1 Å². The second-order valence-electron chi connectivity index (χ2n) is 3.40. The third-order valence-electron chi connectivity index (χ3n) is 2.11. The number of nitrogens with one attached hydrogen (secondary N) is 1. The fourth-order valence-electron chi connectivity index (χ4n) is 1.26. The molecule has 62 valence electrons. The first-order valence-corrected chi connectivity index (χ1v) is 7.78. The summed E-state index contributed by atoms with van der Waals surface area (Å²) in [5.74, 6) is 0. The van der Waals surface area contributed by atoms with Gasteiger partial charge >= 0.3 is 0 Å². The van der Waals surface area contributed by atoms with E-state index in [1.165, 1.54) is 6.42 Å². The topological polar surface area (TPSA) is 12.0 Å². The third kappa shape index (κ3) is 2.64. The van der Waals surface area contributed by atoms with Crippen LogP contribution in [-0.2, 0) is 0 Å². The van der Waals surface area contributed by atoms with Crippen LogP contribution < -0.4 is 5.32 Å². The smallest absolute Gasteiger partial charge is 0.0761 e. The lowest BCUT2D eigenvalue weighted by Crippen LogP contribution is -2.51. The molecule has 0 spiro atoms. The zero-order chi connectivity index (χ0) is 8.20. The highest BCUT2D eigenvalue weighted by Crippen LogP contribution is 2.12. The van der Waals surface area contributed by atoms with Crippen molar-refractivity contribution in [1.82, 2.24) is 5.32 Å². The molecule has 0 fully saturated rings. The highest BCUT2D eigenvalue weighted by Gasteiger charge is 2.27. The maximum absolute atomic E-state index is 4.37. The van der Waals surface area contributed by atoms with Gasteiger partial charge in [0.1, 0.15) is 0 Å². The molecule has 0 amide bonds. The molecule has 0 aromatic rings. The number of thiol groups is 1. The molecule has 0 aliphatic heterocycles. The van der Waals surface area contributed by atoms with Crippen LogP contribution in [0, 0.1) is 0 Å². The summed E-state index contributed by atoms with van der Waals surface area (Å²) in [6.45, 7) is 6.99. The van der Waals surface area contributed by atoms with Crippen LogP contribution >= 0.6 is 12.6 Å². The Morgan fingerprint density at radius 2 is 2.00 bits per heavy atom. The molecular weight excluding hydrogens is 158 g/mol. The molecule has 0 saturated carbocycles. The first-order chi connectivity index (χ1) is 4.58. The van der Waals surface area contributed by atoms with E-state index in [2.05, 4.69) is 38.0 Å². The molecule has 1 nitrogen and oxygen atoms in total. The fourth-order valence-corrected chi connectivity index (χ4v) is 4.03. The van der Waals surface area contributed by atoms with Gasteiger partial charge in [0.05, 0.1) is 8.07 Å². The average molecular weight is 177 g/mol. The van der Waals surface area contributed by atoms with Crippen LogP contribution in [0.25, 0.3) is 0 Å². The van der Waals surface area contributed by atoms with Crippen LogP contribution in [0.4, 0.5) is 0 Å². The molecule has 1 unspecified atom stereocenters. The van der Waals surface area contributed by atoms with E-state index in [0.717, 1.165) is 11.0 Å². The molecule has 0 aliphatic rings. The van der Waals surface area contributed by atoms with Gasteiger partial charge in [-0.25, -0.2) is 0 Å². The Kier molecular flexibility index (Phi) is 4.65. The van der Waals surface area contributed by atoms with E-state index in [-0.39, 0.29) is 0 Å². The van der Waals surface area contributed by atoms with Crippen molar-refractivity contribution in [3.05, 3.63) is 0 Å². The van der Waals surface area contributed by atoms with Gasteiger partial charge in [-0.2, -0.15) is 12.6 Å². The Labute approximate surface area is 71.0 Å². The van der Waals surface area contributed by atoms with Gasteiger partial charge in [-0.3, -0.25) is 0 Å². The minimum Gasteiger partial charge on any atom is -0.320 e. The van der Waals surface area contributed by atoms with E-state index >= 15 is 0 Å². The summed E-state index contributed by atoms with van der Waals surface area (Å²) >= 11 is 4.37. The Morgan fingerprint density at radius 1 is 1.50 bits per heavy atom.